The average molecular weight is 1220 g/mol. The van der Waals surface area contributed by atoms with Crippen molar-refractivity contribution in [1.82, 2.24) is 4.98 Å². The Kier molecular flexibility index (Phi) is 47.3. The Labute approximate surface area is 493 Å². The Hall–Kier alpha value is -8.13. The average Bonchev–Trinajstić information content (AvgIpc) is 4.07. The predicted molar refractivity (Wildman–Crippen MR) is 318 cm³/mol. The molecule has 1 aliphatic heterocycles. The minimum absolute atomic E-state index is 0.0115. The molecule has 26 N–H and O–H groups in total. The van der Waals surface area contributed by atoms with E-state index in [0.29, 0.717) is 48.5 Å². The van der Waals surface area contributed by atoms with Gasteiger partial charge in [0.1, 0.15) is 24.1 Å². The number of para-hydroxylation sites is 1. The van der Waals surface area contributed by atoms with Crippen LogP contribution in [0.4, 0.5) is 0 Å². The van der Waals surface area contributed by atoms with Gasteiger partial charge in [-0.2, -0.15) is 0 Å². The standard InChI is InChI=1S/C11H21NO2.C10H7NO3.C8H17NO3.C8H17NO2.C5H9NO3.C5H7NO2.C4H9N3O2.C3H7N3O2/c12-9-11(6-2-1-3-7-11)8-4-5-10(13)14;12-9-5-8(10(13)14)11-7-4-2-1-3-6(7)9;1-5(2)3-6(9)7(10)4-8(11)12;1-6(2)3-7(5-9)4-8(10)11;6-3-4(7)1-2-5(8)9;7-5(8)4-2-1-3-6-4;1-7(4(5)6)2-3(8)9;4-3(5)6-1-2(7)8/h1-9,12H2,(H,13,14);1-5H,(H,11,12)(H,13,14);5-7,10H,3-4,9H2,1-2H3,(H,11,12);6-7H,3-5,9H2,1-2H3,(H,10,11);1-3,6H2,(H,8,9);3-4H,1-2H2,(H,7,8);2H2,1H3,(H4,5,6,8,9);1H2,(H,7,8)(H4,4,5,6)/p+1. The summed E-state index contributed by atoms with van der Waals surface area (Å²) in [6, 6.07) is 7.01. The fourth-order valence-electron chi connectivity index (χ4n) is 7.49. The van der Waals surface area contributed by atoms with Crippen molar-refractivity contribution >= 4 is 82.6 Å². The van der Waals surface area contributed by atoms with Crippen LogP contribution in [0.25, 0.3) is 10.9 Å². The molecule has 2 aromatic rings. The van der Waals surface area contributed by atoms with E-state index >= 15 is 0 Å². The minimum Gasteiger partial charge on any atom is -0.481 e. The second-order valence-electron chi connectivity index (χ2n) is 20.4. The number of aliphatic hydroxyl groups excluding tert-OH is 1. The molecule has 4 atom stereocenters. The first-order chi connectivity index (χ1) is 39.5. The minimum atomic E-state index is -1.13. The summed E-state index contributed by atoms with van der Waals surface area (Å²) in [7, 11) is 1.50. The van der Waals surface area contributed by atoms with Gasteiger partial charge in [-0.05, 0) is 106 Å². The summed E-state index contributed by atoms with van der Waals surface area (Å²) in [5, 5.41) is 76.3. The highest BCUT2D eigenvalue weighted by atomic mass is 16.4. The Morgan fingerprint density at radius 1 is 0.741 bits per heavy atom. The van der Waals surface area contributed by atoms with Gasteiger partial charge in [-0.15, -0.1) is 0 Å². The number of nitrogens with zero attached hydrogens (tertiary/aromatic N) is 3. The van der Waals surface area contributed by atoms with Crippen molar-refractivity contribution in [2.75, 3.05) is 39.8 Å². The van der Waals surface area contributed by atoms with Gasteiger partial charge in [0.25, 0.3) is 0 Å². The van der Waals surface area contributed by atoms with Crippen molar-refractivity contribution in [2.24, 2.45) is 79.0 Å². The topological polar surface area (TPSA) is 604 Å². The lowest BCUT2D eigenvalue weighted by Crippen LogP contribution is -2.37. The molecule has 1 aliphatic carbocycles. The largest absolute Gasteiger partial charge is 0.481 e. The summed E-state index contributed by atoms with van der Waals surface area (Å²) in [5.74, 6) is -6.69. The summed E-state index contributed by atoms with van der Waals surface area (Å²) in [4.78, 5) is 112. The van der Waals surface area contributed by atoms with Gasteiger partial charge in [-0.25, -0.2) is 19.4 Å². The summed E-state index contributed by atoms with van der Waals surface area (Å²) >= 11 is 0. The number of hydrogen-bond donors (Lipinski definition) is 18. The zero-order valence-corrected chi connectivity index (χ0v) is 49.3. The van der Waals surface area contributed by atoms with Crippen molar-refractivity contribution in [3.05, 3.63) is 46.2 Å². The van der Waals surface area contributed by atoms with Crippen LogP contribution in [0.5, 0.6) is 0 Å². The quantitative estimate of drug-likeness (QED) is 0.0369. The lowest BCUT2D eigenvalue weighted by atomic mass is 9.71. The highest BCUT2D eigenvalue weighted by molar-refractivity contribution is 5.89. The number of aliphatic carboxylic acids is 7. The zero-order valence-electron chi connectivity index (χ0n) is 49.3. The van der Waals surface area contributed by atoms with Crippen LogP contribution in [0.15, 0.2) is 45.1 Å². The Bertz CT molecular complexity index is 2490. The molecule has 2 heterocycles. The number of carbonyl (C=O) groups excluding carboxylic acids is 1. The fourth-order valence-corrected chi connectivity index (χ4v) is 7.49. The number of ketones is 1. The van der Waals surface area contributed by atoms with Gasteiger partial charge in [0.05, 0.1) is 32.5 Å². The van der Waals surface area contributed by atoms with Crippen molar-refractivity contribution in [1.29, 1.82) is 0 Å². The maximum Gasteiger partial charge on any atom is 0.352 e. The number of aliphatic hydroxyl groups is 1. The van der Waals surface area contributed by atoms with Crippen LogP contribution >= 0.6 is 0 Å². The highest BCUT2D eigenvalue weighted by Gasteiger charge is 2.30. The van der Waals surface area contributed by atoms with Crippen LogP contribution in [0.2, 0.25) is 0 Å². The van der Waals surface area contributed by atoms with Gasteiger partial charge in [0.2, 0.25) is 0 Å². The molecule has 484 valence electrons. The monoisotopic (exact) mass is 1220 g/mol. The lowest BCUT2D eigenvalue weighted by Gasteiger charge is -2.36. The number of nitrogens with one attached hydrogen (secondary N) is 1. The number of carboxylic acid groups (broad SMARTS) is 8. The zero-order chi connectivity index (χ0) is 66.4. The number of pyridine rings is 1. The number of benzene rings is 1. The summed E-state index contributed by atoms with van der Waals surface area (Å²) in [6.07, 6.45) is 12.0. The number of nitrogens with two attached hydrogens (primary N) is 8. The van der Waals surface area contributed by atoms with E-state index in [4.69, 9.17) is 86.7 Å². The Balaban J connectivity index is -0.000000445. The van der Waals surface area contributed by atoms with E-state index in [-0.39, 0.29) is 85.5 Å². The number of likely N-dealkylation sites (N-methyl/N-ethyl adjacent to an activating group) is 1. The third kappa shape index (κ3) is 49.1. The van der Waals surface area contributed by atoms with E-state index in [1.807, 2.05) is 13.8 Å². The Morgan fingerprint density at radius 3 is 1.66 bits per heavy atom. The molecule has 31 nitrogen and oxygen atoms in total. The van der Waals surface area contributed by atoms with Crippen molar-refractivity contribution in [3.8, 4) is 0 Å². The number of Topliss-reactive ketones (excluding diaryl/α,β-unsaturated/α-hetero) is 1. The summed E-state index contributed by atoms with van der Waals surface area (Å²) in [5.41, 5.74) is 41.8. The molecule has 4 unspecified atom stereocenters. The third-order valence-electron chi connectivity index (χ3n) is 11.8. The predicted octanol–water partition coefficient (Wildman–Crippen LogP) is 0.669. The van der Waals surface area contributed by atoms with Gasteiger partial charge >= 0.3 is 53.7 Å². The number of guanidine groups is 2. The number of carboxylic acids is 8. The van der Waals surface area contributed by atoms with Crippen LogP contribution in [0, 0.1) is 23.2 Å². The first-order valence-electron chi connectivity index (χ1n) is 27.1. The smallest absolute Gasteiger partial charge is 0.352 e. The van der Waals surface area contributed by atoms with Crippen molar-refractivity contribution < 1.29 is 93.7 Å². The fraction of sp³-hybridized carbons (Fsp3) is 0.611. The lowest BCUT2D eigenvalue weighted by molar-refractivity contribution is -0.489. The molecular weight excluding hydrogens is 1120 g/mol. The van der Waals surface area contributed by atoms with Crippen LogP contribution in [-0.2, 0) is 38.4 Å². The number of aromatic nitrogens is 1. The van der Waals surface area contributed by atoms with E-state index in [1.165, 1.54) is 43.7 Å². The number of aromatic carboxylic acids is 1. The van der Waals surface area contributed by atoms with Gasteiger partial charge in [-0.1, -0.05) is 59.1 Å². The highest BCUT2D eigenvalue weighted by Crippen LogP contribution is 2.39. The number of aliphatic imine (C=N–C) groups is 2. The number of H-pyrrole nitrogens is 1. The third-order valence-corrected chi connectivity index (χ3v) is 11.8. The number of aromatic amines is 1. The van der Waals surface area contributed by atoms with E-state index in [1.54, 1.807) is 30.5 Å². The Morgan fingerprint density at radius 2 is 1.29 bits per heavy atom. The summed E-state index contributed by atoms with van der Waals surface area (Å²) in [6.45, 7) is 8.73. The number of hydrogen-bond acceptors (Lipinski definition) is 17. The first-order valence-corrected chi connectivity index (χ1v) is 27.1. The van der Waals surface area contributed by atoms with E-state index in [0.717, 1.165) is 38.3 Å². The van der Waals surface area contributed by atoms with E-state index in [2.05, 4.69) is 28.8 Å². The molecule has 0 amide bonds. The second kappa shape index (κ2) is 48.3. The van der Waals surface area contributed by atoms with Crippen molar-refractivity contribution in [2.45, 2.75) is 149 Å². The van der Waals surface area contributed by atoms with E-state index in [9.17, 15) is 53.1 Å². The molecule has 85 heavy (non-hydrogen) atoms. The normalized spacial score (nSPS) is 14.2. The maximum atomic E-state index is 11.4. The molecule has 0 radical (unpaired) electrons. The van der Waals surface area contributed by atoms with Crippen molar-refractivity contribution in [3.63, 3.8) is 0 Å². The molecule has 1 saturated carbocycles. The number of carbonyl (C=O) groups is 9. The molecule has 2 aliphatic rings. The molecule has 31 heteroatoms. The number of fused-ring (bicyclic) bond motifs is 1. The molecular formula is C54H95N12O19+. The maximum absolute atomic E-state index is 11.4. The van der Waals surface area contributed by atoms with Crippen LogP contribution in [0.1, 0.15) is 141 Å². The van der Waals surface area contributed by atoms with E-state index < -0.39 is 65.9 Å². The summed E-state index contributed by atoms with van der Waals surface area (Å²) < 4.78 is 1.24. The molecule has 1 aromatic heterocycles. The van der Waals surface area contributed by atoms with Gasteiger partial charge in [0, 0.05) is 42.3 Å². The van der Waals surface area contributed by atoms with Gasteiger partial charge < -0.3 is 85.3 Å². The molecule has 0 spiro atoms. The second-order valence-corrected chi connectivity index (χ2v) is 20.4. The van der Waals surface area contributed by atoms with Gasteiger partial charge in [-0.3, -0.25) is 54.6 Å². The molecule has 1 aromatic carbocycles. The molecule has 0 saturated heterocycles. The first kappa shape index (κ1) is 83.3. The molecule has 0 bridgehead atoms. The number of rotatable bonds is 25. The SMILES string of the molecule is CC(C)CC(CN)CC(=O)O.CC(C)CC(N)C(O)CC(=O)O.C[N+](CC(=O)O)=C(N)N.NC(N)=NCC(=O)O.NCC(=O)CCC(=O)O.NCC1(CCCC(=O)O)CCCCC1.O=C(O)C1CCC=N1.O=C(O)c1cc(=O)c2ccccc2[nH]1. The van der Waals surface area contributed by atoms with Crippen LogP contribution in [0.3, 0.4) is 0 Å². The molecule has 1 fully saturated rings. The molecule has 4 rings (SSSR count). The van der Waals surface area contributed by atoms with Gasteiger partial charge in [0.15, 0.2) is 17.9 Å². The van der Waals surface area contributed by atoms with Crippen LogP contribution in [-0.4, -0.2) is 185 Å². The van der Waals surface area contributed by atoms with Crippen LogP contribution < -0.4 is 51.3 Å².